The molecule has 26 heavy (non-hydrogen) atoms. The first-order chi connectivity index (χ1) is 12.5. The van der Waals surface area contributed by atoms with E-state index in [9.17, 15) is 9.59 Å². The average Bonchev–Trinajstić information content (AvgIpc) is 3.07. The van der Waals surface area contributed by atoms with Crippen molar-refractivity contribution in [2.45, 2.75) is 25.1 Å². The van der Waals surface area contributed by atoms with Gasteiger partial charge in [-0.2, -0.15) is 0 Å². The molecule has 2 N–H and O–H groups in total. The molecule has 0 aliphatic heterocycles. The van der Waals surface area contributed by atoms with E-state index in [4.69, 9.17) is 0 Å². The summed E-state index contributed by atoms with van der Waals surface area (Å²) in [6, 6.07) is 8.00. The van der Waals surface area contributed by atoms with Crippen LogP contribution in [-0.2, 0) is 9.59 Å². The van der Waals surface area contributed by atoms with Gasteiger partial charge in [-0.3, -0.25) is 9.59 Å². The van der Waals surface area contributed by atoms with Crippen molar-refractivity contribution in [1.82, 2.24) is 20.4 Å². The largest absolute Gasteiger partial charge is 0.355 e. The zero-order chi connectivity index (χ0) is 18.9. The lowest BCUT2D eigenvalue weighted by atomic mass is 10.2. The molecule has 7 nitrogen and oxygen atoms in total. The summed E-state index contributed by atoms with van der Waals surface area (Å²) in [6.45, 7) is 6.87. The Balaban J connectivity index is 1.85. The lowest BCUT2D eigenvalue weighted by molar-refractivity contribution is -0.133. The Morgan fingerprint density at radius 1 is 1.19 bits per heavy atom. The Morgan fingerprint density at radius 2 is 1.92 bits per heavy atom. The third-order valence-electron chi connectivity index (χ3n) is 3.47. The molecular weight excluding hydrogens is 370 g/mol. The summed E-state index contributed by atoms with van der Waals surface area (Å²) in [7, 11) is 0. The van der Waals surface area contributed by atoms with Gasteiger partial charge in [-0.15, -0.1) is 10.2 Å². The minimum absolute atomic E-state index is 0.0834. The molecule has 0 atom stereocenters. The second-order valence-corrected chi connectivity index (χ2v) is 7.71. The van der Waals surface area contributed by atoms with E-state index >= 15 is 0 Å². The van der Waals surface area contributed by atoms with Crippen LogP contribution in [-0.4, -0.2) is 52.3 Å². The first kappa shape index (κ1) is 20.2. The molecular formula is C17H23N5O2S2. The lowest BCUT2D eigenvalue weighted by Crippen LogP contribution is -2.41. The Morgan fingerprint density at radius 3 is 2.58 bits per heavy atom. The zero-order valence-electron chi connectivity index (χ0n) is 15.1. The van der Waals surface area contributed by atoms with Crippen molar-refractivity contribution in [2.75, 3.05) is 30.7 Å². The highest BCUT2D eigenvalue weighted by molar-refractivity contribution is 8.01. The van der Waals surface area contributed by atoms with Crippen LogP contribution in [0.25, 0.3) is 0 Å². The zero-order valence-corrected chi connectivity index (χ0v) is 16.7. The van der Waals surface area contributed by atoms with E-state index in [1.807, 2.05) is 45.0 Å². The number of carbonyl (C=O) groups excluding carboxylic acids is 2. The lowest BCUT2D eigenvalue weighted by Gasteiger charge is -2.19. The van der Waals surface area contributed by atoms with Crippen molar-refractivity contribution in [3.63, 3.8) is 0 Å². The summed E-state index contributed by atoms with van der Waals surface area (Å²) >= 11 is 2.72. The van der Waals surface area contributed by atoms with E-state index in [1.54, 1.807) is 0 Å². The number of aryl methyl sites for hydroxylation is 1. The number of hydrogen-bond acceptors (Lipinski definition) is 7. The first-order valence-corrected chi connectivity index (χ1v) is 10.2. The van der Waals surface area contributed by atoms with E-state index in [0.29, 0.717) is 22.6 Å². The van der Waals surface area contributed by atoms with Gasteiger partial charge in [0.1, 0.15) is 0 Å². The van der Waals surface area contributed by atoms with Crippen molar-refractivity contribution in [3.8, 4) is 0 Å². The smallest absolute Gasteiger partial charge is 0.239 e. The van der Waals surface area contributed by atoms with Crippen LogP contribution >= 0.6 is 23.1 Å². The van der Waals surface area contributed by atoms with Gasteiger partial charge in [0.15, 0.2) is 4.34 Å². The highest BCUT2D eigenvalue weighted by Gasteiger charge is 2.16. The number of likely N-dealkylation sites (N-methyl/N-ethyl adjacent to an activating group) is 2. The molecule has 0 unspecified atom stereocenters. The molecule has 9 heteroatoms. The predicted molar refractivity (Wildman–Crippen MR) is 106 cm³/mol. The predicted octanol–water partition coefficient (Wildman–Crippen LogP) is 2.67. The Kier molecular flexibility index (Phi) is 7.86. The number of anilines is 2. The molecule has 140 valence electrons. The van der Waals surface area contributed by atoms with Gasteiger partial charge >= 0.3 is 0 Å². The number of carbonyl (C=O) groups is 2. The van der Waals surface area contributed by atoms with Crippen LogP contribution in [0.1, 0.15) is 19.4 Å². The van der Waals surface area contributed by atoms with Crippen molar-refractivity contribution < 1.29 is 9.59 Å². The van der Waals surface area contributed by atoms with Gasteiger partial charge in [0.25, 0.3) is 0 Å². The highest BCUT2D eigenvalue weighted by atomic mass is 32.2. The van der Waals surface area contributed by atoms with Crippen LogP contribution in [0.15, 0.2) is 28.6 Å². The Labute approximate surface area is 161 Å². The van der Waals surface area contributed by atoms with Crippen molar-refractivity contribution in [3.05, 3.63) is 29.8 Å². The fourth-order valence-electron chi connectivity index (χ4n) is 2.10. The van der Waals surface area contributed by atoms with Gasteiger partial charge in [-0.1, -0.05) is 40.8 Å². The normalized spacial score (nSPS) is 10.4. The van der Waals surface area contributed by atoms with Gasteiger partial charge in [0.05, 0.1) is 12.3 Å². The molecule has 1 heterocycles. The van der Waals surface area contributed by atoms with Gasteiger partial charge < -0.3 is 15.5 Å². The molecule has 0 aliphatic rings. The van der Waals surface area contributed by atoms with Gasteiger partial charge in [0, 0.05) is 18.8 Å². The summed E-state index contributed by atoms with van der Waals surface area (Å²) in [5, 5.41) is 14.8. The van der Waals surface area contributed by atoms with Gasteiger partial charge in [-0.05, 0) is 32.9 Å². The number of amides is 2. The van der Waals surface area contributed by atoms with E-state index in [-0.39, 0.29) is 24.1 Å². The second-order valence-electron chi connectivity index (χ2n) is 5.51. The summed E-state index contributed by atoms with van der Waals surface area (Å²) < 4.78 is 0.710. The van der Waals surface area contributed by atoms with Crippen LogP contribution < -0.4 is 10.6 Å². The molecule has 0 aliphatic carbocycles. The molecule has 0 spiro atoms. The molecule has 2 aromatic rings. The third-order valence-corrected chi connectivity index (χ3v) is 5.43. The summed E-state index contributed by atoms with van der Waals surface area (Å²) in [5.74, 6) is -0.00735. The van der Waals surface area contributed by atoms with E-state index in [0.717, 1.165) is 5.69 Å². The van der Waals surface area contributed by atoms with Gasteiger partial charge in [-0.25, -0.2) is 0 Å². The van der Waals surface area contributed by atoms with Crippen molar-refractivity contribution >= 4 is 45.7 Å². The molecule has 0 radical (unpaired) electrons. The Bertz CT molecular complexity index is 733. The fourth-order valence-corrected chi connectivity index (χ4v) is 3.77. The number of benzene rings is 1. The molecule has 0 fully saturated rings. The number of nitrogens with one attached hydrogen (secondary N) is 2. The van der Waals surface area contributed by atoms with E-state index in [1.165, 1.54) is 33.6 Å². The molecule has 0 saturated heterocycles. The van der Waals surface area contributed by atoms with Crippen LogP contribution in [0.3, 0.4) is 0 Å². The van der Waals surface area contributed by atoms with Crippen LogP contribution in [0.2, 0.25) is 0 Å². The molecule has 1 aromatic carbocycles. The van der Waals surface area contributed by atoms with Crippen molar-refractivity contribution in [2.24, 2.45) is 0 Å². The topological polar surface area (TPSA) is 87.2 Å². The van der Waals surface area contributed by atoms with Crippen molar-refractivity contribution in [1.29, 1.82) is 0 Å². The molecule has 2 amide bonds. The molecule has 0 bridgehead atoms. The first-order valence-electron chi connectivity index (χ1n) is 8.36. The second kappa shape index (κ2) is 10.1. The maximum Gasteiger partial charge on any atom is 0.239 e. The van der Waals surface area contributed by atoms with Crippen LogP contribution in [0.4, 0.5) is 10.8 Å². The minimum atomic E-state index is -0.145. The maximum atomic E-state index is 12.3. The highest BCUT2D eigenvalue weighted by Crippen LogP contribution is 2.27. The fraction of sp³-hybridized carbons (Fsp3) is 0.412. The molecule has 2 rings (SSSR count). The quantitative estimate of drug-likeness (QED) is 0.637. The number of hydrogen-bond donors (Lipinski definition) is 2. The van der Waals surface area contributed by atoms with E-state index < -0.39 is 0 Å². The monoisotopic (exact) mass is 393 g/mol. The van der Waals surface area contributed by atoms with Gasteiger partial charge in [0.2, 0.25) is 16.9 Å². The van der Waals surface area contributed by atoms with Crippen LogP contribution in [0, 0.1) is 6.92 Å². The SMILES string of the molecule is CCNC(=O)CN(CC)C(=O)CSc1nnc(Nc2ccc(C)cc2)s1. The maximum absolute atomic E-state index is 12.3. The third kappa shape index (κ3) is 6.30. The standard InChI is InChI=1S/C17H23N5O2S2/c1-4-18-14(23)10-22(5-2)15(24)11-25-17-21-20-16(26-17)19-13-8-6-12(3)7-9-13/h6-9H,4-5,10-11H2,1-3H3,(H,18,23)(H,19,20). The minimum Gasteiger partial charge on any atom is -0.355 e. The number of nitrogens with zero attached hydrogens (tertiary/aromatic N) is 3. The number of thioether (sulfide) groups is 1. The van der Waals surface area contributed by atoms with Crippen LogP contribution in [0.5, 0.6) is 0 Å². The molecule has 0 saturated carbocycles. The average molecular weight is 394 g/mol. The number of rotatable bonds is 9. The number of aromatic nitrogens is 2. The summed E-state index contributed by atoms with van der Waals surface area (Å²) in [4.78, 5) is 25.5. The summed E-state index contributed by atoms with van der Waals surface area (Å²) in [5.41, 5.74) is 2.13. The Hall–Kier alpha value is -2.13. The van der Waals surface area contributed by atoms with E-state index in [2.05, 4.69) is 20.8 Å². The molecule has 1 aromatic heterocycles. The summed E-state index contributed by atoms with van der Waals surface area (Å²) in [6.07, 6.45) is 0.